The molecule has 1 aliphatic rings. The zero-order valence-corrected chi connectivity index (χ0v) is 18.3. The summed E-state index contributed by atoms with van der Waals surface area (Å²) in [4.78, 5) is 27.9. The van der Waals surface area contributed by atoms with Gasteiger partial charge in [0, 0.05) is 31.5 Å². The number of anilines is 2. The summed E-state index contributed by atoms with van der Waals surface area (Å²) < 4.78 is 0. The molecular formula is C25H33N3O2. The van der Waals surface area contributed by atoms with E-state index in [4.69, 9.17) is 0 Å². The molecule has 2 aromatic carbocycles. The van der Waals surface area contributed by atoms with E-state index in [2.05, 4.69) is 10.6 Å². The first-order valence-electron chi connectivity index (χ1n) is 11.0. The van der Waals surface area contributed by atoms with E-state index in [1.54, 1.807) is 6.07 Å². The van der Waals surface area contributed by atoms with Gasteiger partial charge in [-0.1, -0.05) is 56.5 Å². The lowest BCUT2D eigenvalue weighted by molar-refractivity contribution is -0.117. The first-order chi connectivity index (χ1) is 14.5. The van der Waals surface area contributed by atoms with Gasteiger partial charge in [0.05, 0.1) is 11.5 Å². The average molecular weight is 408 g/mol. The van der Waals surface area contributed by atoms with Crippen molar-refractivity contribution in [2.75, 3.05) is 24.3 Å². The van der Waals surface area contributed by atoms with E-state index in [0.717, 1.165) is 24.1 Å². The Morgan fingerprint density at radius 3 is 2.37 bits per heavy atom. The average Bonchev–Trinajstić information content (AvgIpc) is 2.75. The van der Waals surface area contributed by atoms with Gasteiger partial charge in [-0.2, -0.15) is 0 Å². The molecule has 0 spiro atoms. The van der Waals surface area contributed by atoms with Gasteiger partial charge in [-0.3, -0.25) is 9.59 Å². The number of amides is 2. The fourth-order valence-electron chi connectivity index (χ4n) is 4.18. The van der Waals surface area contributed by atoms with Crippen LogP contribution in [-0.4, -0.2) is 32.0 Å². The molecule has 0 heterocycles. The van der Waals surface area contributed by atoms with Crippen LogP contribution in [0.2, 0.25) is 0 Å². The Kier molecular flexibility index (Phi) is 7.50. The molecule has 160 valence electrons. The summed E-state index contributed by atoms with van der Waals surface area (Å²) in [5.41, 5.74) is 3.08. The summed E-state index contributed by atoms with van der Waals surface area (Å²) in [7, 11) is 3.85. The van der Waals surface area contributed by atoms with E-state index in [9.17, 15) is 9.59 Å². The highest BCUT2D eigenvalue weighted by molar-refractivity contribution is 6.03. The lowest BCUT2D eigenvalue weighted by Crippen LogP contribution is -2.36. The molecule has 30 heavy (non-hydrogen) atoms. The van der Waals surface area contributed by atoms with E-state index in [-0.39, 0.29) is 23.8 Å². The minimum absolute atomic E-state index is 0.0556. The van der Waals surface area contributed by atoms with Crippen LogP contribution in [0.3, 0.4) is 0 Å². The Bertz CT molecular complexity index is 858. The zero-order chi connectivity index (χ0) is 21.5. The van der Waals surface area contributed by atoms with Gasteiger partial charge < -0.3 is 15.5 Å². The minimum atomic E-state index is -0.223. The maximum Gasteiger partial charge on any atom is 0.253 e. The van der Waals surface area contributed by atoms with Gasteiger partial charge in [0.2, 0.25) is 5.91 Å². The quantitative estimate of drug-likeness (QED) is 0.683. The predicted octanol–water partition coefficient (Wildman–Crippen LogP) is 4.95. The third-order valence-electron chi connectivity index (χ3n) is 5.86. The number of carbonyl (C=O) groups excluding carboxylic acids is 2. The first-order valence-corrected chi connectivity index (χ1v) is 11.0. The van der Waals surface area contributed by atoms with Gasteiger partial charge in [0.25, 0.3) is 5.91 Å². The zero-order valence-electron chi connectivity index (χ0n) is 18.3. The number of hydrogen-bond acceptors (Lipinski definition) is 3. The van der Waals surface area contributed by atoms with E-state index < -0.39 is 0 Å². The maximum absolute atomic E-state index is 13.0. The van der Waals surface area contributed by atoms with Gasteiger partial charge in [-0.05, 0) is 43.0 Å². The molecule has 1 atom stereocenters. The number of hydrogen-bond donors (Lipinski definition) is 2. The van der Waals surface area contributed by atoms with Crippen molar-refractivity contribution in [3.05, 3.63) is 59.7 Å². The second-order valence-electron chi connectivity index (χ2n) is 8.30. The molecule has 2 N–H and O–H groups in total. The molecule has 0 radical (unpaired) electrons. The summed E-state index contributed by atoms with van der Waals surface area (Å²) >= 11 is 0. The fourth-order valence-corrected chi connectivity index (χ4v) is 4.18. The smallest absolute Gasteiger partial charge is 0.253 e. The highest BCUT2D eigenvalue weighted by Gasteiger charge is 2.22. The van der Waals surface area contributed by atoms with Gasteiger partial charge in [-0.25, -0.2) is 0 Å². The highest BCUT2D eigenvalue weighted by Crippen LogP contribution is 2.26. The Balaban J connectivity index is 1.79. The van der Waals surface area contributed by atoms with Crippen LogP contribution < -0.4 is 15.5 Å². The number of carbonyl (C=O) groups is 2. The molecule has 1 unspecified atom stereocenters. The Morgan fingerprint density at radius 1 is 1.03 bits per heavy atom. The Labute approximate surface area is 179 Å². The standard InChI is InChI=1S/C25H33N3O2/c1-4-21(18-11-7-5-8-12-18)24(29)27-20-15-16-23(28(2)3)22(17-20)25(30)26-19-13-9-6-10-14-19/h5,7-8,11-12,15-17,19,21H,4,6,9-10,13-14H2,1-3H3,(H,26,30)(H,27,29). The van der Waals surface area contributed by atoms with Crippen molar-refractivity contribution in [1.82, 2.24) is 5.32 Å². The van der Waals surface area contributed by atoms with Crippen LogP contribution in [0.5, 0.6) is 0 Å². The molecule has 5 heteroatoms. The summed E-state index contributed by atoms with van der Waals surface area (Å²) in [6.07, 6.45) is 6.36. The van der Waals surface area contributed by atoms with Crippen molar-refractivity contribution in [3.63, 3.8) is 0 Å². The lowest BCUT2D eigenvalue weighted by Gasteiger charge is -2.25. The van der Waals surface area contributed by atoms with Gasteiger partial charge in [0.15, 0.2) is 0 Å². The summed E-state index contributed by atoms with van der Waals surface area (Å²) in [5.74, 6) is -0.351. The van der Waals surface area contributed by atoms with Crippen molar-refractivity contribution >= 4 is 23.2 Å². The summed E-state index contributed by atoms with van der Waals surface area (Å²) in [6.45, 7) is 2.01. The second-order valence-corrected chi connectivity index (χ2v) is 8.30. The maximum atomic E-state index is 13.0. The van der Waals surface area contributed by atoms with E-state index in [1.807, 2.05) is 68.4 Å². The van der Waals surface area contributed by atoms with Crippen LogP contribution in [0.4, 0.5) is 11.4 Å². The van der Waals surface area contributed by atoms with Crippen LogP contribution >= 0.6 is 0 Å². The van der Waals surface area contributed by atoms with E-state index in [0.29, 0.717) is 17.7 Å². The second kappa shape index (κ2) is 10.3. The van der Waals surface area contributed by atoms with Crippen LogP contribution in [0, 0.1) is 0 Å². The summed E-state index contributed by atoms with van der Waals surface area (Å²) in [5, 5.41) is 6.21. The van der Waals surface area contributed by atoms with E-state index >= 15 is 0 Å². The molecule has 5 nitrogen and oxygen atoms in total. The number of nitrogens with zero attached hydrogens (tertiary/aromatic N) is 1. The molecule has 1 aliphatic carbocycles. The number of nitrogens with one attached hydrogen (secondary N) is 2. The van der Waals surface area contributed by atoms with E-state index in [1.165, 1.54) is 19.3 Å². The Hall–Kier alpha value is -2.82. The van der Waals surface area contributed by atoms with Gasteiger partial charge in [0.1, 0.15) is 0 Å². The monoisotopic (exact) mass is 407 g/mol. The summed E-state index contributed by atoms with van der Waals surface area (Å²) in [6, 6.07) is 15.6. The molecule has 0 aliphatic heterocycles. The van der Waals surface area contributed by atoms with Crippen LogP contribution in [0.1, 0.15) is 67.3 Å². The van der Waals surface area contributed by atoms with Crippen molar-refractivity contribution in [3.8, 4) is 0 Å². The van der Waals surface area contributed by atoms with Crippen molar-refractivity contribution in [2.45, 2.75) is 57.4 Å². The van der Waals surface area contributed by atoms with Crippen LogP contribution in [0.15, 0.2) is 48.5 Å². The molecule has 3 rings (SSSR count). The molecule has 0 saturated heterocycles. The third kappa shape index (κ3) is 5.41. The molecule has 2 amide bonds. The van der Waals surface area contributed by atoms with Gasteiger partial charge in [-0.15, -0.1) is 0 Å². The highest BCUT2D eigenvalue weighted by atomic mass is 16.2. The fraction of sp³-hybridized carbons (Fsp3) is 0.440. The normalized spacial score (nSPS) is 15.3. The molecule has 0 aromatic heterocycles. The number of rotatable bonds is 7. The van der Waals surface area contributed by atoms with Crippen LogP contribution in [-0.2, 0) is 4.79 Å². The number of benzene rings is 2. The molecule has 0 bridgehead atoms. The van der Waals surface area contributed by atoms with Crippen molar-refractivity contribution < 1.29 is 9.59 Å². The predicted molar refractivity (Wildman–Crippen MR) is 123 cm³/mol. The Morgan fingerprint density at radius 2 is 1.73 bits per heavy atom. The van der Waals surface area contributed by atoms with Crippen molar-refractivity contribution in [2.24, 2.45) is 0 Å². The molecular weight excluding hydrogens is 374 g/mol. The molecule has 2 aromatic rings. The van der Waals surface area contributed by atoms with Gasteiger partial charge >= 0.3 is 0 Å². The molecule has 1 fully saturated rings. The largest absolute Gasteiger partial charge is 0.377 e. The van der Waals surface area contributed by atoms with Crippen LogP contribution in [0.25, 0.3) is 0 Å². The van der Waals surface area contributed by atoms with Crippen molar-refractivity contribution in [1.29, 1.82) is 0 Å². The topological polar surface area (TPSA) is 61.4 Å². The SMILES string of the molecule is CCC(C(=O)Nc1ccc(N(C)C)c(C(=O)NC2CCCCC2)c1)c1ccccc1. The molecule has 1 saturated carbocycles. The third-order valence-corrected chi connectivity index (χ3v) is 5.86. The lowest BCUT2D eigenvalue weighted by atomic mass is 9.95. The first kappa shape index (κ1) is 21.9. The minimum Gasteiger partial charge on any atom is -0.377 e.